The third-order valence-corrected chi connectivity index (χ3v) is 6.87. The maximum absolute atomic E-state index is 13.0. The number of rotatable bonds is 3. The number of benzene rings is 1. The average molecular weight is 389 g/mol. The molecule has 28 heavy (non-hydrogen) atoms. The molecule has 2 amide bonds. The Morgan fingerprint density at radius 3 is 2.57 bits per heavy atom. The predicted molar refractivity (Wildman–Crippen MR) is 109 cm³/mol. The summed E-state index contributed by atoms with van der Waals surface area (Å²) >= 11 is 0. The highest BCUT2D eigenvalue weighted by Gasteiger charge is 2.36. The number of carbonyl (C=O) groups is 1. The summed E-state index contributed by atoms with van der Waals surface area (Å²) in [6.07, 6.45) is 5.57. The number of likely N-dealkylation sites (tertiary alicyclic amines) is 3. The third-order valence-electron chi connectivity index (χ3n) is 6.87. The largest absolute Gasteiger partial charge is 0.335 e. The molecule has 3 fully saturated rings. The van der Waals surface area contributed by atoms with Crippen LogP contribution in [0.15, 0.2) is 24.3 Å². The molecule has 2 unspecified atom stereocenters. The lowest BCUT2D eigenvalue weighted by Gasteiger charge is -2.46. The van der Waals surface area contributed by atoms with Crippen molar-refractivity contribution in [3.63, 3.8) is 0 Å². The maximum atomic E-state index is 13.0. The van der Waals surface area contributed by atoms with Crippen molar-refractivity contribution in [1.29, 1.82) is 0 Å². The number of halogens is 1. The van der Waals surface area contributed by atoms with E-state index < -0.39 is 0 Å². The summed E-state index contributed by atoms with van der Waals surface area (Å²) in [6, 6.07) is 7.82. The van der Waals surface area contributed by atoms with Crippen LogP contribution in [-0.4, -0.2) is 72.6 Å². The zero-order chi connectivity index (χ0) is 19.5. The molecular weight excluding hydrogens is 355 g/mol. The van der Waals surface area contributed by atoms with Gasteiger partial charge >= 0.3 is 6.03 Å². The minimum atomic E-state index is -0.186. The lowest BCUT2D eigenvalue weighted by atomic mass is 9.84. The summed E-state index contributed by atoms with van der Waals surface area (Å²) in [4.78, 5) is 19.7. The lowest BCUT2D eigenvalue weighted by molar-refractivity contribution is 0.0503. The van der Waals surface area contributed by atoms with E-state index in [9.17, 15) is 9.18 Å². The van der Waals surface area contributed by atoms with Crippen LogP contribution in [0.3, 0.4) is 0 Å². The highest BCUT2D eigenvalue weighted by Crippen LogP contribution is 2.29. The SMILES string of the molecule is CN1CCCC2CN(C(=O)NC3CCN(Cc4ccc(F)cc4)CC3)CCC21. The maximum Gasteiger partial charge on any atom is 0.317 e. The van der Waals surface area contributed by atoms with Crippen LogP contribution in [0.4, 0.5) is 9.18 Å². The van der Waals surface area contributed by atoms with Gasteiger partial charge in [-0.05, 0) is 69.3 Å². The van der Waals surface area contributed by atoms with E-state index in [1.165, 1.54) is 31.5 Å². The fourth-order valence-electron chi connectivity index (χ4n) is 5.19. The molecule has 2 atom stereocenters. The van der Waals surface area contributed by atoms with Gasteiger partial charge in [-0.3, -0.25) is 4.90 Å². The van der Waals surface area contributed by atoms with Gasteiger partial charge < -0.3 is 15.1 Å². The highest BCUT2D eigenvalue weighted by atomic mass is 19.1. The van der Waals surface area contributed by atoms with Crippen molar-refractivity contribution < 1.29 is 9.18 Å². The van der Waals surface area contributed by atoms with Crippen LogP contribution in [0.2, 0.25) is 0 Å². The summed E-state index contributed by atoms with van der Waals surface area (Å²) in [6.45, 7) is 5.77. The smallest absolute Gasteiger partial charge is 0.317 e. The van der Waals surface area contributed by atoms with Gasteiger partial charge in [0.2, 0.25) is 0 Å². The highest BCUT2D eigenvalue weighted by molar-refractivity contribution is 5.74. The monoisotopic (exact) mass is 388 g/mol. The van der Waals surface area contributed by atoms with Crippen molar-refractivity contribution in [2.75, 3.05) is 39.8 Å². The molecule has 0 aliphatic carbocycles. The van der Waals surface area contributed by atoms with Gasteiger partial charge in [0.15, 0.2) is 0 Å². The molecule has 154 valence electrons. The number of piperidine rings is 3. The van der Waals surface area contributed by atoms with Crippen LogP contribution < -0.4 is 5.32 Å². The number of urea groups is 1. The van der Waals surface area contributed by atoms with Gasteiger partial charge in [0.25, 0.3) is 0 Å². The lowest BCUT2D eigenvalue weighted by Crippen LogP contribution is -2.57. The molecule has 0 bridgehead atoms. The average Bonchev–Trinajstić information content (AvgIpc) is 2.71. The number of carbonyl (C=O) groups excluding carboxylic acids is 1. The molecule has 1 aromatic rings. The number of nitrogens with zero attached hydrogens (tertiary/aromatic N) is 3. The minimum Gasteiger partial charge on any atom is -0.335 e. The number of fused-ring (bicyclic) bond motifs is 1. The van der Waals surface area contributed by atoms with Crippen molar-refractivity contribution in [2.45, 2.75) is 50.7 Å². The summed E-state index contributed by atoms with van der Waals surface area (Å²) in [5.41, 5.74) is 1.14. The van der Waals surface area contributed by atoms with Gasteiger partial charge in [0.1, 0.15) is 5.82 Å². The Morgan fingerprint density at radius 1 is 1.07 bits per heavy atom. The summed E-state index contributed by atoms with van der Waals surface area (Å²) in [5, 5.41) is 3.28. The Hall–Kier alpha value is -1.66. The predicted octanol–water partition coefficient (Wildman–Crippen LogP) is 2.92. The zero-order valence-corrected chi connectivity index (χ0v) is 16.9. The number of hydrogen-bond donors (Lipinski definition) is 1. The van der Waals surface area contributed by atoms with Gasteiger partial charge in [-0.25, -0.2) is 9.18 Å². The first-order chi connectivity index (χ1) is 13.6. The van der Waals surface area contributed by atoms with Gasteiger partial charge in [-0.15, -0.1) is 0 Å². The molecule has 4 rings (SSSR count). The van der Waals surface area contributed by atoms with Crippen LogP contribution in [-0.2, 0) is 6.54 Å². The number of hydrogen-bond acceptors (Lipinski definition) is 3. The fourth-order valence-corrected chi connectivity index (χ4v) is 5.19. The molecule has 0 saturated carbocycles. The Morgan fingerprint density at radius 2 is 1.82 bits per heavy atom. The van der Waals surface area contributed by atoms with Crippen LogP contribution in [0.1, 0.15) is 37.7 Å². The Bertz CT molecular complexity index is 659. The first-order valence-electron chi connectivity index (χ1n) is 10.8. The van der Waals surface area contributed by atoms with Gasteiger partial charge in [0, 0.05) is 44.8 Å². The van der Waals surface area contributed by atoms with Crippen LogP contribution in [0.25, 0.3) is 0 Å². The van der Waals surface area contributed by atoms with Crippen molar-refractivity contribution in [3.05, 3.63) is 35.6 Å². The molecule has 5 nitrogen and oxygen atoms in total. The fraction of sp³-hybridized carbons (Fsp3) is 0.682. The summed E-state index contributed by atoms with van der Waals surface area (Å²) in [5.74, 6) is 0.449. The Kier molecular flexibility index (Phi) is 6.16. The minimum absolute atomic E-state index is 0.128. The van der Waals surface area contributed by atoms with E-state index in [4.69, 9.17) is 0 Å². The second kappa shape index (κ2) is 8.78. The Labute approximate surface area is 167 Å². The van der Waals surface area contributed by atoms with Crippen molar-refractivity contribution >= 4 is 6.03 Å². The van der Waals surface area contributed by atoms with E-state index in [0.29, 0.717) is 12.0 Å². The molecule has 1 aromatic carbocycles. The first kappa shape index (κ1) is 19.6. The summed E-state index contributed by atoms with van der Waals surface area (Å²) < 4.78 is 13.0. The normalized spacial score (nSPS) is 27.4. The molecule has 3 heterocycles. The second-order valence-electron chi connectivity index (χ2n) is 8.81. The van der Waals surface area contributed by atoms with E-state index in [-0.39, 0.29) is 17.9 Å². The molecule has 6 heteroatoms. The van der Waals surface area contributed by atoms with Gasteiger partial charge in [-0.1, -0.05) is 12.1 Å². The molecule has 0 radical (unpaired) electrons. The molecule has 3 aliphatic heterocycles. The topological polar surface area (TPSA) is 38.8 Å². The quantitative estimate of drug-likeness (QED) is 0.865. The van der Waals surface area contributed by atoms with E-state index >= 15 is 0 Å². The van der Waals surface area contributed by atoms with Gasteiger partial charge in [0.05, 0.1) is 0 Å². The molecule has 1 N–H and O–H groups in total. The molecule has 0 aromatic heterocycles. The molecular formula is C22H33FN4O. The third kappa shape index (κ3) is 4.66. The van der Waals surface area contributed by atoms with Crippen molar-refractivity contribution in [3.8, 4) is 0 Å². The molecule has 3 aliphatic rings. The van der Waals surface area contributed by atoms with E-state index in [1.54, 1.807) is 0 Å². The number of nitrogens with one attached hydrogen (secondary N) is 1. The zero-order valence-electron chi connectivity index (χ0n) is 16.9. The summed E-state index contributed by atoms with van der Waals surface area (Å²) in [7, 11) is 2.23. The Balaban J connectivity index is 1.21. The van der Waals surface area contributed by atoms with Crippen molar-refractivity contribution in [1.82, 2.24) is 20.0 Å². The first-order valence-corrected chi connectivity index (χ1v) is 10.8. The van der Waals surface area contributed by atoms with Crippen LogP contribution >= 0.6 is 0 Å². The van der Waals surface area contributed by atoms with Crippen LogP contribution in [0, 0.1) is 11.7 Å². The van der Waals surface area contributed by atoms with E-state index in [0.717, 1.165) is 57.5 Å². The second-order valence-corrected chi connectivity index (χ2v) is 8.81. The van der Waals surface area contributed by atoms with Crippen LogP contribution in [0.5, 0.6) is 0 Å². The standard InChI is InChI=1S/C22H33FN4O/c1-25-11-2-3-18-16-27(14-10-21(18)25)22(28)24-20-8-12-26(13-9-20)15-17-4-6-19(23)7-5-17/h4-7,18,20-21H,2-3,8-16H2,1H3,(H,24,28). The van der Waals surface area contributed by atoms with E-state index in [1.807, 2.05) is 17.0 Å². The van der Waals surface area contributed by atoms with Gasteiger partial charge in [-0.2, -0.15) is 0 Å². The number of amides is 2. The van der Waals surface area contributed by atoms with E-state index in [2.05, 4.69) is 22.2 Å². The van der Waals surface area contributed by atoms with Crippen molar-refractivity contribution in [2.24, 2.45) is 5.92 Å². The molecule has 3 saturated heterocycles. The molecule has 0 spiro atoms.